The van der Waals surface area contributed by atoms with Gasteiger partial charge >= 0.3 is 0 Å². The molecule has 1 fully saturated rings. The SMILES string of the molecule is CCC1CCCN1S(=O)(=O)c1ccc(N)cc1Cl. The maximum absolute atomic E-state index is 12.5. The van der Waals surface area contributed by atoms with Crippen LogP contribution in [0.25, 0.3) is 0 Å². The van der Waals surface area contributed by atoms with Gasteiger partial charge in [0.1, 0.15) is 4.90 Å². The monoisotopic (exact) mass is 288 g/mol. The largest absolute Gasteiger partial charge is 0.399 e. The smallest absolute Gasteiger partial charge is 0.244 e. The van der Waals surface area contributed by atoms with Gasteiger partial charge in [0.05, 0.1) is 5.02 Å². The second-order valence-corrected chi connectivity index (χ2v) is 6.78. The third kappa shape index (κ3) is 2.35. The van der Waals surface area contributed by atoms with Crippen LogP contribution >= 0.6 is 11.6 Å². The number of nitrogens with two attached hydrogens (primary N) is 1. The molecule has 2 N–H and O–H groups in total. The van der Waals surface area contributed by atoms with Crippen molar-refractivity contribution in [3.63, 3.8) is 0 Å². The molecule has 0 spiro atoms. The zero-order valence-corrected chi connectivity index (χ0v) is 11.8. The van der Waals surface area contributed by atoms with E-state index in [-0.39, 0.29) is 16.0 Å². The van der Waals surface area contributed by atoms with E-state index in [4.69, 9.17) is 17.3 Å². The van der Waals surface area contributed by atoms with E-state index in [2.05, 4.69) is 0 Å². The van der Waals surface area contributed by atoms with Crippen LogP contribution in [-0.4, -0.2) is 25.3 Å². The maximum atomic E-state index is 12.5. The molecule has 6 heteroatoms. The standard InChI is InChI=1S/C12H17ClN2O2S/c1-2-10-4-3-7-15(10)18(16,17)12-6-5-9(14)8-11(12)13/h5-6,8,10H,2-4,7,14H2,1H3. The summed E-state index contributed by atoms with van der Waals surface area (Å²) in [5.41, 5.74) is 6.05. The van der Waals surface area contributed by atoms with Crippen LogP contribution in [0.1, 0.15) is 26.2 Å². The van der Waals surface area contributed by atoms with Crippen molar-refractivity contribution in [1.82, 2.24) is 4.31 Å². The maximum Gasteiger partial charge on any atom is 0.244 e. The van der Waals surface area contributed by atoms with Crippen LogP contribution in [0.4, 0.5) is 5.69 Å². The van der Waals surface area contributed by atoms with E-state index < -0.39 is 10.0 Å². The Labute approximate surface area is 113 Å². The molecule has 0 radical (unpaired) electrons. The van der Waals surface area contributed by atoms with E-state index in [1.807, 2.05) is 6.92 Å². The minimum absolute atomic E-state index is 0.0867. The van der Waals surface area contributed by atoms with Crippen LogP contribution in [0, 0.1) is 0 Å². The summed E-state index contributed by atoms with van der Waals surface area (Å²) in [6.07, 6.45) is 2.65. The van der Waals surface area contributed by atoms with Crippen molar-refractivity contribution in [2.45, 2.75) is 37.1 Å². The number of halogens is 1. The van der Waals surface area contributed by atoms with Crippen molar-refractivity contribution in [3.05, 3.63) is 23.2 Å². The van der Waals surface area contributed by atoms with Gasteiger partial charge in [0.15, 0.2) is 0 Å². The molecule has 0 bridgehead atoms. The van der Waals surface area contributed by atoms with Crippen molar-refractivity contribution in [3.8, 4) is 0 Å². The normalized spacial score (nSPS) is 21.3. The quantitative estimate of drug-likeness (QED) is 0.869. The van der Waals surface area contributed by atoms with Crippen molar-refractivity contribution in [2.24, 2.45) is 0 Å². The molecule has 0 aromatic heterocycles. The molecule has 1 aromatic rings. The van der Waals surface area contributed by atoms with E-state index in [0.717, 1.165) is 19.3 Å². The second-order valence-electron chi connectivity index (χ2n) is 4.51. The van der Waals surface area contributed by atoms with Gasteiger partial charge in [0, 0.05) is 18.3 Å². The van der Waals surface area contributed by atoms with Gasteiger partial charge in [-0.3, -0.25) is 0 Å². The van der Waals surface area contributed by atoms with Crippen molar-refractivity contribution in [1.29, 1.82) is 0 Å². The van der Waals surface area contributed by atoms with Crippen LogP contribution in [0.2, 0.25) is 5.02 Å². The minimum Gasteiger partial charge on any atom is -0.399 e. The van der Waals surface area contributed by atoms with E-state index in [0.29, 0.717) is 12.2 Å². The number of rotatable bonds is 3. The van der Waals surface area contributed by atoms with Crippen molar-refractivity contribution in [2.75, 3.05) is 12.3 Å². The van der Waals surface area contributed by atoms with Crippen LogP contribution in [0.5, 0.6) is 0 Å². The number of hydrogen-bond donors (Lipinski definition) is 1. The average molecular weight is 289 g/mol. The topological polar surface area (TPSA) is 63.4 Å². The van der Waals surface area contributed by atoms with E-state index in [9.17, 15) is 8.42 Å². The highest BCUT2D eigenvalue weighted by Gasteiger charge is 2.35. The summed E-state index contributed by atoms with van der Waals surface area (Å²) in [6, 6.07) is 4.61. The third-order valence-electron chi connectivity index (χ3n) is 3.34. The molecule has 0 saturated carbocycles. The number of nitrogen functional groups attached to an aromatic ring is 1. The zero-order chi connectivity index (χ0) is 13.3. The molecule has 1 unspecified atom stereocenters. The highest BCUT2D eigenvalue weighted by atomic mass is 35.5. The van der Waals surface area contributed by atoms with Crippen molar-refractivity contribution >= 4 is 27.3 Å². The average Bonchev–Trinajstić information content (AvgIpc) is 2.76. The molecule has 1 atom stereocenters. The highest BCUT2D eigenvalue weighted by Crippen LogP contribution is 2.32. The Morgan fingerprint density at radius 1 is 1.50 bits per heavy atom. The van der Waals surface area contributed by atoms with Crippen molar-refractivity contribution < 1.29 is 8.42 Å². The highest BCUT2D eigenvalue weighted by molar-refractivity contribution is 7.89. The van der Waals surface area contributed by atoms with Crippen LogP contribution in [0.3, 0.4) is 0 Å². The molecular weight excluding hydrogens is 272 g/mol. The molecule has 0 aliphatic carbocycles. The fourth-order valence-electron chi connectivity index (χ4n) is 2.39. The van der Waals surface area contributed by atoms with Crippen LogP contribution in [-0.2, 0) is 10.0 Å². The molecule has 18 heavy (non-hydrogen) atoms. The number of sulfonamides is 1. The summed E-state index contributed by atoms with van der Waals surface area (Å²) in [5, 5.41) is 0.191. The number of hydrogen-bond acceptors (Lipinski definition) is 3. The van der Waals surface area contributed by atoms with Gasteiger partial charge in [-0.15, -0.1) is 0 Å². The molecule has 1 aliphatic rings. The second kappa shape index (κ2) is 5.07. The molecule has 1 aliphatic heterocycles. The van der Waals surface area contributed by atoms with Gasteiger partial charge in [-0.2, -0.15) is 4.31 Å². The molecule has 1 saturated heterocycles. The Morgan fingerprint density at radius 2 is 2.22 bits per heavy atom. The Morgan fingerprint density at radius 3 is 2.83 bits per heavy atom. The summed E-state index contributed by atoms with van der Waals surface area (Å²) in [6.45, 7) is 2.57. The van der Waals surface area contributed by atoms with Crippen LogP contribution in [0.15, 0.2) is 23.1 Å². The fourth-order valence-corrected chi connectivity index (χ4v) is 4.68. The van der Waals surface area contributed by atoms with Gasteiger partial charge in [0.25, 0.3) is 0 Å². The fraction of sp³-hybridized carbons (Fsp3) is 0.500. The predicted octanol–water partition coefficient (Wildman–Crippen LogP) is 2.49. The summed E-state index contributed by atoms with van der Waals surface area (Å²) < 4.78 is 26.6. The molecule has 0 amide bonds. The Hall–Kier alpha value is -0.780. The Bertz CT molecular complexity index is 545. The van der Waals surface area contributed by atoms with E-state index in [1.54, 1.807) is 10.4 Å². The third-order valence-corrected chi connectivity index (χ3v) is 5.77. The van der Waals surface area contributed by atoms with E-state index in [1.165, 1.54) is 12.1 Å². The molecule has 100 valence electrons. The Balaban J connectivity index is 2.42. The first-order chi connectivity index (χ1) is 8.46. The van der Waals surface area contributed by atoms with Gasteiger partial charge in [0.2, 0.25) is 10.0 Å². The first-order valence-electron chi connectivity index (χ1n) is 6.03. The molecule has 2 rings (SSSR count). The first-order valence-corrected chi connectivity index (χ1v) is 7.85. The lowest BCUT2D eigenvalue weighted by Gasteiger charge is -2.23. The summed E-state index contributed by atoms with van der Waals surface area (Å²) in [4.78, 5) is 0.152. The van der Waals surface area contributed by atoms with E-state index >= 15 is 0 Å². The number of nitrogens with zero attached hydrogens (tertiary/aromatic N) is 1. The predicted molar refractivity (Wildman–Crippen MR) is 73.1 cm³/mol. The first kappa shape index (κ1) is 13.6. The lowest BCUT2D eigenvalue weighted by atomic mass is 10.2. The van der Waals surface area contributed by atoms with Gasteiger partial charge in [-0.05, 0) is 37.5 Å². The van der Waals surface area contributed by atoms with Gasteiger partial charge in [-0.25, -0.2) is 8.42 Å². The minimum atomic E-state index is -3.50. The summed E-state index contributed by atoms with van der Waals surface area (Å²) in [5.74, 6) is 0. The summed E-state index contributed by atoms with van der Waals surface area (Å²) in [7, 11) is -3.50. The van der Waals surface area contributed by atoms with Crippen LogP contribution < -0.4 is 5.73 Å². The van der Waals surface area contributed by atoms with Gasteiger partial charge in [-0.1, -0.05) is 18.5 Å². The number of anilines is 1. The lowest BCUT2D eigenvalue weighted by Crippen LogP contribution is -2.35. The number of benzene rings is 1. The lowest BCUT2D eigenvalue weighted by molar-refractivity contribution is 0.379. The molecule has 4 nitrogen and oxygen atoms in total. The Kier molecular flexibility index (Phi) is 3.84. The molecular formula is C12H17ClN2O2S. The zero-order valence-electron chi connectivity index (χ0n) is 10.3. The summed E-state index contributed by atoms with van der Waals surface area (Å²) >= 11 is 6.00. The van der Waals surface area contributed by atoms with Gasteiger partial charge < -0.3 is 5.73 Å². The molecule has 1 aromatic carbocycles. The molecule has 1 heterocycles.